The van der Waals surface area contributed by atoms with Crippen LogP contribution in [0.15, 0.2) is 97.1 Å². The van der Waals surface area contributed by atoms with Gasteiger partial charge in [0.1, 0.15) is 12.4 Å². The van der Waals surface area contributed by atoms with E-state index in [9.17, 15) is 14.7 Å². The summed E-state index contributed by atoms with van der Waals surface area (Å²) in [5.41, 5.74) is -0.387. The largest absolute Gasteiger partial charge is 0.492 e. The number of hydrogen-bond acceptors (Lipinski definition) is 4. The summed E-state index contributed by atoms with van der Waals surface area (Å²) in [7, 11) is 0. The number of Topliss-reactive ketones (excluding diaryl/α,β-unsaturated/α-hetero) is 1. The standard InChI is InChI=1S/C28H23NO4/c30-26(22-15-14-20-8-4-5-9-21(20)18-22)19-28(32)24-12-6-7-13-25(24)29(27(28)31)16-17-33-23-10-2-1-3-11-23/h1-15,18,32H,16-17,19H2. The first-order valence-corrected chi connectivity index (χ1v) is 10.9. The number of amides is 1. The van der Waals surface area contributed by atoms with Crippen LogP contribution in [-0.2, 0) is 10.4 Å². The Morgan fingerprint density at radius 2 is 1.55 bits per heavy atom. The molecule has 0 saturated carbocycles. The predicted molar refractivity (Wildman–Crippen MR) is 128 cm³/mol. The lowest BCUT2D eigenvalue weighted by molar-refractivity contribution is -0.135. The van der Waals surface area contributed by atoms with Gasteiger partial charge in [0.15, 0.2) is 11.4 Å². The average molecular weight is 437 g/mol. The zero-order valence-electron chi connectivity index (χ0n) is 18.0. The van der Waals surface area contributed by atoms with Crippen LogP contribution in [0.4, 0.5) is 5.69 Å². The molecular formula is C28H23NO4. The molecule has 1 aliphatic rings. The number of anilines is 1. The van der Waals surface area contributed by atoms with E-state index < -0.39 is 11.5 Å². The number of ether oxygens (including phenoxy) is 1. The number of rotatable bonds is 7. The van der Waals surface area contributed by atoms with Crippen molar-refractivity contribution in [2.45, 2.75) is 12.0 Å². The topological polar surface area (TPSA) is 66.8 Å². The predicted octanol–water partition coefficient (Wildman–Crippen LogP) is 4.73. The minimum Gasteiger partial charge on any atom is -0.492 e. The molecule has 0 fully saturated rings. The van der Waals surface area contributed by atoms with Gasteiger partial charge in [-0.25, -0.2) is 0 Å². The van der Waals surface area contributed by atoms with E-state index in [4.69, 9.17) is 4.74 Å². The van der Waals surface area contributed by atoms with Crippen LogP contribution >= 0.6 is 0 Å². The van der Waals surface area contributed by atoms with E-state index in [1.54, 1.807) is 30.3 Å². The highest BCUT2D eigenvalue weighted by atomic mass is 16.5. The van der Waals surface area contributed by atoms with Gasteiger partial charge in [0, 0.05) is 11.1 Å². The van der Waals surface area contributed by atoms with Crippen LogP contribution in [0.5, 0.6) is 5.75 Å². The Labute approximate surface area is 191 Å². The number of para-hydroxylation sites is 2. The van der Waals surface area contributed by atoms with Crippen molar-refractivity contribution >= 4 is 28.2 Å². The molecule has 5 rings (SSSR count). The Hall–Kier alpha value is -3.96. The molecule has 0 aliphatic carbocycles. The summed E-state index contributed by atoms with van der Waals surface area (Å²) in [5.74, 6) is -0.0810. The number of fused-ring (bicyclic) bond motifs is 2. The summed E-state index contributed by atoms with van der Waals surface area (Å²) in [6, 6.07) is 29.6. The van der Waals surface area contributed by atoms with Crippen LogP contribution < -0.4 is 9.64 Å². The first-order valence-electron chi connectivity index (χ1n) is 10.9. The maximum Gasteiger partial charge on any atom is 0.264 e. The quantitative estimate of drug-likeness (QED) is 0.425. The number of aliphatic hydroxyl groups is 1. The molecule has 164 valence electrons. The molecule has 1 amide bonds. The molecule has 1 atom stereocenters. The molecule has 5 nitrogen and oxygen atoms in total. The van der Waals surface area contributed by atoms with Crippen molar-refractivity contribution in [3.63, 3.8) is 0 Å². The van der Waals surface area contributed by atoms with Gasteiger partial charge >= 0.3 is 0 Å². The molecule has 5 heteroatoms. The lowest BCUT2D eigenvalue weighted by Crippen LogP contribution is -2.43. The van der Waals surface area contributed by atoms with Crippen molar-refractivity contribution in [2.24, 2.45) is 0 Å². The monoisotopic (exact) mass is 437 g/mol. The zero-order valence-corrected chi connectivity index (χ0v) is 18.0. The molecule has 0 radical (unpaired) electrons. The number of carbonyl (C=O) groups excluding carboxylic acids is 2. The highest BCUT2D eigenvalue weighted by molar-refractivity contribution is 6.11. The third-order valence-corrected chi connectivity index (χ3v) is 6.05. The number of hydrogen-bond donors (Lipinski definition) is 1. The molecule has 33 heavy (non-hydrogen) atoms. The summed E-state index contributed by atoms with van der Waals surface area (Å²) in [5, 5.41) is 13.5. The number of carbonyl (C=O) groups is 2. The summed E-state index contributed by atoms with van der Waals surface area (Å²) in [6.07, 6.45) is -0.322. The fourth-order valence-electron chi connectivity index (χ4n) is 4.37. The van der Waals surface area contributed by atoms with Crippen molar-refractivity contribution in [3.8, 4) is 5.75 Å². The number of ketones is 1. The molecule has 0 bridgehead atoms. The second kappa shape index (κ2) is 8.52. The minimum absolute atomic E-state index is 0.261. The van der Waals surface area contributed by atoms with Crippen molar-refractivity contribution in [1.29, 1.82) is 0 Å². The van der Waals surface area contributed by atoms with Crippen LogP contribution in [-0.4, -0.2) is 29.9 Å². The highest BCUT2D eigenvalue weighted by Gasteiger charge is 2.50. The van der Waals surface area contributed by atoms with Crippen LogP contribution in [0.25, 0.3) is 10.8 Å². The molecule has 4 aromatic carbocycles. The molecule has 1 unspecified atom stereocenters. The van der Waals surface area contributed by atoms with Crippen LogP contribution in [0.2, 0.25) is 0 Å². The number of nitrogens with zero attached hydrogens (tertiary/aromatic N) is 1. The van der Waals surface area contributed by atoms with Gasteiger partial charge in [0.25, 0.3) is 5.91 Å². The molecule has 0 aromatic heterocycles. The summed E-state index contributed by atoms with van der Waals surface area (Å²) in [4.78, 5) is 28.0. The van der Waals surface area contributed by atoms with E-state index in [0.717, 1.165) is 10.8 Å². The Bertz CT molecular complexity index is 1330. The smallest absolute Gasteiger partial charge is 0.264 e. The van der Waals surface area contributed by atoms with E-state index in [0.29, 0.717) is 22.6 Å². The Morgan fingerprint density at radius 1 is 0.848 bits per heavy atom. The first-order chi connectivity index (χ1) is 16.1. The molecule has 1 aliphatic heterocycles. The molecule has 0 spiro atoms. The Balaban J connectivity index is 1.38. The summed E-state index contributed by atoms with van der Waals surface area (Å²) >= 11 is 0. The van der Waals surface area contributed by atoms with E-state index in [2.05, 4.69) is 0 Å². The van der Waals surface area contributed by atoms with Crippen molar-refractivity contribution < 1.29 is 19.4 Å². The lowest BCUT2D eigenvalue weighted by Gasteiger charge is -2.23. The maximum atomic E-state index is 13.4. The van der Waals surface area contributed by atoms with Crippen molar-refractivity contribution in [3.05, 3.63) is 108 Å². The van der Waals surface area contributed by atoms with Gasteiger partial charge in [-0.2, -0.15) is 0 Å². The van der Waals surface area contributed by atoms with Gasteiger partial charge in [-0.3, -0.25) is 9.59 Å². The summed E-state index contributed by atoms with van der Waals surface area (Å²) < 4.78 is 5.75. The van der Waals surface area contributed by atoms with Gasteiger partial charge < -0.3 is 14.7 Å². The second-order valence-corrected chi connectivity index (χ2v) is 8.16. The van der Waals surface area contributed by atoms with Crippen LogP contribution in [0.1, 0.15) is 22.3 Å². The van der Waals surface area contributed by atoms with Gasteiger partial charge in [-0.15, -0.1) is 0 Å². The van der Waals surface area contributed by atoms with E-state index >= 15 is 0 Å². The third kappa shape index (κ3) is 3.88. The maximum absolute atomic E-state index is 13.4. The molecule has 4 aromatic rings. The molecule has 1 N–H and O–H groups in total. The first kappa shape index (κ1) is 20.9. The molecule has 1 heterocycles. The van der Waals surface area contributed by atoms with Crippen molar-refractivity contribution in [1.82, 2.24) is 0 Å². The minimum atomic E-state index is -1.91. The van der Waals surface area contributed by atoms with Gasteiger partial charge in [0.2, 0.25) is 0 Å². The van der Waals surface area contributed by atoms with Gasteiger partial charge in [-0.05, 0) is 35.0 Å². The van der Waals surface area contributed by atoms with Crippen LogP contribution in [0, 0.1) is 0 Å². The molecule has 0 saturated heterocycles. The highest BCUT2D eigenvalue weighted by Crippen LogP contribution is 2.42. The fraction of sp³-hybridized carbons (Fsp3) is 0.143. The lowest BCUT2D eigenvalue weighted by atomic mass is 9.88. The van der Waals surface area contributed by atoms with E-state index in [-0.39, 0.29) is 25.4 Å². The fourth-order valence-corrected chi connectivity index (χ4v) is 4.37. The van der Waals surface area contributed by atoms with Crippen molar-refractivity contribution in [2.75, 3.05) is 18.1 Å². The average Bonchev–Trinajstić information content (AvgIpc) is 3.06. The summed E-state index contributed by atoms with van der Waals surface area (Å²) in [6.45, 7) is 0.524. The zero-order chi connectivity index (χ0) is 22.8. The van der Waals surface area contributed by atoms with Gasteiger partial charge in [-0.1, -0.05) is 72.8 Å². The normalized spacial score (nSPS) is 17.2. The Morgan fingerprint density at radius 3 is 2.36 bits per heavy atom. The third-order valence-electron chi connectivity index (χ3n) is 6.05. The van der Waals surface area contributed by atoms with Gasteiger partial charge in [0.05, 0.1) is 18.7 Å². The molecular weight excluding hydrogens is 414 g/mol. The Kier molecular flexibility index (Phi) is 5.40. The second-order valence-electron chi connectivity index (χ2n) is 8.16. The van der Waals surface area contributed by atoms with E-state index in [1.807, 2.05) is 66.7 Å². The number of benzene rings is 4. The van der Waals surface area contributed by atoms with Crippen LogP contribution in [0.3, 0.4) is 0 Å². The SMILES string of the molecule is O=C(CC1(O)C(=O)N(CCOc2ccccc2)c2ccccc21)c1ccc2ccccc2c1. The van der Waals surface area contributed by atoms with E-state index in [1.165, 1.54) is 4.90 Å².